The zero-order valence-electron chi connectivity index (χ0n) is 10.3. The molecule has 1 aromatic heterocycles. The number of hydrogen-bond donors (Lipinski definition) is 2. The molecular formula is C12H17N5O. The molecule has 0 aliphatic heterocycles. The van der Waals surface area contributed by atoms with Gasteiger partial charge in [-0.1, -0.05) is 30.2 Å². The topological polar surface area (TPSA) is 75.9 Å². The third-order valence-electron chi connectivity index (χ3n) is 2.77. The Labute approximate surface area is 106 Å². The molecule has 0 spiro atoms. The summed E-state index contributed by atoms with van der Waals surface area (Å²) >= 11 is 0. The summed E-state index contributed by atoms with van der Waals surface area (Å²) in [5, 5.41) is 23.8. The van der Waals surface area contributed by atoms with Gasteiger partial charge < -0.3 is 10.4 Å². The van der Waals surface area contributed by atoms with Crippen LogP contribution in [0.3, 0.4) is 0 Å². The first-order chi connectivity index (χ1) is 8.85. The quantitative estimate of drug-likeness (QED) is 0.803. The van der Waals surface area contributed by atoms with E-state index in [4.69, 9.17) is 5.11 Å². The van der Waals surface area contributed by atoms with Crippen molar-refractivity contribution in [1.29, 1.82) is 0 Å². The fourth-order valence-electron chi connectivity index (χ4n) is 1.74. The summed E-state index contributed by atoms with van der Waals surface area (Å²) in [6.45, 7) is 2.21. The highest BCUT2D eigenvalue weighted by Gasteiger charge is 2.12. The van der Waals surface area contributed by atoms with E-state index in [0.29, 0.717) is 12.4 Å². The molecule has 6 heteroatoms. The second-order valence-corrected chi connectivity index (χ2v) is 4.01. The zero-order chi connectivity index (χ0) is 12.8. The maximum absolute atomic E-state index is 8.98. The smallest absolute Gasteiger partial charge is 0.247 e. The van der Waals surface area contributed by atoms with Gasteiger partial charge in [-0.2, -0.15) is 4.68 Å². The fourth-order valence-corrected chi connectivity index (χ4v) is 1.74. The average Bonchev–Trinajstić information content (AvgIpc) is 2.87. The third kappa shape index (κ3) is 2.84. The number of anilines is 1. The molecule has 1 unspecified atom stereocenters. The predicted octanol–water partition coefficient (Wildman–Crippen LogP) is 1.24. The number of benzene rings is 1. The van der Waals surface area contributed by atoms with Crippen molar-refractivity contribution in [3.63, 3.8) is 0 Å². The van der Waals surface area contributed by atoms with Crippen molar-refractivity contribution in [3.05, 3.63) is 30.3 Å². The lowest BCUT2D eigenvalue weighted by atomic mass is 10.2. The number of tetrazole rings is 1. The molecule has 0 radical (unpaired) electrons. The van der Waals surface area contributed by atoms with Crippen molar-refractivity contribution in [2.75, 3.05) is 11.9 Å². The lowest BCUT2D eigenvalue weighted by molar-refractivity contribution is 0.278. The molecule has 0 saturated carbocycles. The summed E-state index contributed by atoms with van der Waals surface area (Å²) < 4.78 is 1.65. The van der Waals surface area contributed by atoms with Gasteiger partial charge in [-0.3, -0.25) is 0 Å². The van der Waals surface area contributed by atoms with Crippen molar-refractivity contribution >= 4 is 5.95 Å². The Morgan fingerprint density at radius 3 is 2.78 bits per heavy atom. The SMILES string of the molecule is CCC(CCO)Nc1nnnn1-c1ccccc1. The van der Waals surface area contributed by atoms with E-state index in [0.717, 1.165) is 12.1 Å². The van der Waals surface area contributed by atoms with E-state index >= 15 is 0 Å². The van der Waals surface area contributed by atoms with Gasteiger partial charge in [0.25, 0.3) is 0 Å². The Morgan fingerprint density at radius 2 is 2.11 bits per heavy atom. The maximum atomic E-state index is 8.98. The number of para-hydroxylation sites is 1. The minimum absolute atomic E-state index is 0.151. The second-order valence-electron chi connectivity index (χ2n) is 4.01. The highest BCUT2D eigenvalue weighted by molar-refractivity contribution is 5.38. The minimum Gasteiger partial charge on any atom is -0.396 e. The van der Waals surface area contributed by atoms with Crippen LogP contribution in [0.5, 0.6) is 0 Å². The number of hydrogen-bond acceptors (Lipinski definition) is 5. The summed E-state index contributed by atoms with van der Waals surface area (Å²) in [7, 11) is 0. The van der Waals surface area contributed by atoms with Crippen molar-refractivity contribution in [3.8, 4) is 5.69 Å². The van der Waals surface area contributed by atoms with E-state index in [1.165, 1.54) is 0 Å². The number of nitrogens with zero attached hydrogens (tertiary/aromatic N) is 4. The van der Waals surface area contributed by atoms with E-state index in [1.807, 2.05) is 30.3 Å². The lowest BCUT2D eigenvalue weighted by Crippen LogP contribution is -2.22. The Morgan fingerprint density at radius 1 is 1.33 bits per heavy atom. The second kappa shape index (κ2) is 6.11. The Balaban J connectivity index is 2.18. The molecule has 0 bridgehead atoms. The molecule has 0 aliphatic rings. The first kappa shape index (κ1) is 12.5. The van der Waals surface area contributed by atoms with Gasteiger partial charge in [0.15, 0.2) is 0 Å². The maximum Gasteiger partial charge on any atom is 0.247 e. The van der Waals surface area contributed by atoms with Crippen LogP contribution in [0.15, 0.2) is 30.3 Å². The van der Waals surface area contributed by atoms with Gasteiger partial charge in [0, 0.05) is 12.6 Å². The van der Waals surface area contributed by atoms with Crippen LogP contribution in [0.2, 0.25) is 0 Å². The van der Waals surface area contributed by atoms with Crippen LogP contribution in [0, 0.1) is 0 Å². The van der Waals surface area contributed by atoms with Crippen LogP contribution in [0.1, 0.15) is 19.8 Å². The van der Waals surface area contributed by atoms with E-state index in [1.54, 1.807) is 4.68 Å². The summed E-state index contributed by atoms with van der Waals surface area (Å²) in [5.41, 5.74) is 0.906. The number of rotatable bonds is 6. The number of aliphatic hydroxyl groups excluding tert-OH is 1. The first-order valence-corrected chi connectivity index (χ1v) is 6.06. The van der Waals surface area contributed by atoms with Gasteiger partial charge in [0.1, 0.15) is 0 Å². The van der Waals surface area contributed by atoms with E-state index in [2.05, 4.69) is 27.8 Å². The molecule has 96 valence electrons. The number of aliphatic hydroxyl groups is 1. The third-order valence-corrected chi connectivity index (χ3v) is 2.77. The van der Waals surface area contributed by atoms with Crippen LogP contribution in [0.25, 0.3) is 5.69 Å². The molecule has 0 fully saturated rings. The zero-order valence-corrected chi connectivity index (χ0v) is 10.3. The molecule has 2 rings (SSSR count). The summed E-state index contributed by atoms with van der Waals surface area (Å²) in [6, 6.07) is 9.87. The normalized spacial score (nSPS) is 12.3. The molecule has 1 heterocycles. The first-order valence-electron chi connectivity index (χ1n) is 6.06. The Hall–Kier alpha value is -1.95. The summed E-state index contributed by atoms with van der Waals surface area (Å²) in [6.07, 6.45) is 1.58. The Kier molecular flexibility index (Phi) is 4.25. The molecule has 1 atom stereocenters. The molecular weight excluding hydrogens is 230 g/mol. The summed E-state index contributed by atoms with van der Waals surface area (Å²) in [5.74, 6) is 0.599. The van der Waals surface area contributed by atoms with Crippen LogP contribution in [0.4, 0.5) is 5.95 Å². The van der Waals surface area contributed by atoms with Crippen LogP contribution in [-0.4, -0.2) is 38.0 Å². The standard InChI is InChI=1S/C12H17N5O/c1-2-10(8-9-18)13-12-14-15-16-17(12)11-6-4-3-5-7-11/h3-7,10,18H,2,8-9H2,1H3,(H,13,14,16). The van der Waals surface area contributed by atoms with Crippen molar-refractivity contribution in [2.45, 2.75) is 25.8 Å². The molecule has 2 N–H and O–H groups in total. The molecule has 2 aromatic rings. The van der Waals surface area contributed by atoms with Crippen LogP contribution in [-0.2, 0) is 0 Å². The Bertz CT molecular complexity index is 470. The van der Waals surface area contributed by atoms with E-state index < -0.39 is 0 Å². The van der Waals surface area contributed by atoms with Crippen molar-refractivity contribution in [2.24, 2.45) is 0 Å². The van der Waals surface area contributed by atoms with Gasteiger partial charge in [-0.05, 0) is 35.4 Å². The van der Waals surface area contributed by atoms with E-state index in [-0.39, 0.29) is 12.6 Å². The van der Waals surface area contributed by atoms with Gasteiger partial charge in [-0.15, -0.1) is 0 Å². The molecule has 0 saturated heterocycles. The largest absolute Gasteiger partial charge is 0.396 e. The molecule has 6 nitrogen and oxygen atoms in total. The van der Waals surface area contributed by atoms with Gasteiger partial charge in [-0.25, -0.2) is 0 Å². The molecule has 18 heavy (non-hydrogen) atoms. The average molecular weight is 247 g/mol. The van der Waals surface area contributed by atoms with Gasteiger partial charge in [0.05, 0.1) is 5.69 Å². The highest BCUT2D eigenvalue weighted by atomic mass is 16.3. The number of nitrogens with one attached hydrogen (secondary N) is 1. The molecule has 1 aromatic carbocycles. The number of aromatic nitrogens is 4. The predicted molar refractivity (Wildman–Crippen MR) is 68.6 cm³/mol. The van der Waals surface area contributed by atoms with Gasteiger partial charge in [0.2, 0.25) is 5.95 Å². The van der Waals surface area contributed by atoms with E-state index in [9.17, 15) is 0 Å². The molecule has 0 aliphatic carbocycles. The summed E-state index contributed by atoms with van der Waals surface area (Å²) in [4.78, 5) is 0. The highest BCUT2D eigenvalue weighted by Crippen LogP contribution is 2.13. The minimum atomic E-state index is 0.151. The lowest BCUT2D eigenvalue weighted by Gasteiger charge is -2.15. The van der Waals surface area contributed by atoms with Crippen molar-refractivity contribution < 1.29 is 5.11 Å². The van der Waals surface area contributed by atoms with Crippen LogP contribution >= 0.6 is 0 Å². The monoisotopic (exact) mass is 247 g/mol. The van der Waals surface area contributed by atoms with Gasteiger partial charge >= 0.3 is 0 Å². The van der Waals surface area contributed by atoms with Crippen molar-refractivity contribution in [1.82, 2.24) is 20.2 Å². The fraction of sp³-hybridized carbons (Fsp3) is 0.417. The molecule has 0 amide bonds. The van der Waals surface area contributed by atoms with Crippen LogP contribution < -0.4 is 5.32 Å².